The lowest BCUT2D eigenvalue weighted by atomic mass is 9.90. The molecule has 1 aliphatic rings. The van der Waals surface area contributed by atoms with Gasteiger partial charge in [0, 0.05) is 202 Å². The van der Waals surface area contributed by atoms with E-state index >= 15 is 0 Å². The van der Waals surface area contributed by atoms with E-state index in [4.69, 9.17) is 50.7 Å². The Morgan fingerprint density at radius 2 is 0.624 bits per heavy atom. The van der Waals surface area contributed by atoms with Crippen LogP contribution in [0.5, 0.6) is 0 Å². The highest BCUT2D eigenvalue weighted by molar-refractivity contribution is 6.14. The van der Waals surface area contributed by atoms with Gasteiger partial charge in [0.25, 0.3) is 0 Å². The molecule has 0 saturated heterocycles. The lowest BCUT2D eigenvalue weighted by Crippen LogP contribution is -2.30. The summed E-state index contributed by atoms with van der Waals surface area (Å²) in [6.45, 7) is 19.7. The third-order valence-corrected chi connectivity index (χ3v) is 28.2. The number of fused-ring (bicyclic) bond motifs is 18. The third-order valence-electron chi connectivity index (χ3n) is 28.2. The number of furan rings is 6. The van der Waals surface area contributed by atoms with Crippen molar-refractivity contribution in [1.82, 2.24) is 29.9 Å². The highest BCUT2D eigenvalue weighted by atomic mass is 16.4. The quantitative estimate of drug-likeness (QED) is 0.106. The molecule has 18 heteroatoms. The summed E-state index contributed by atoms with van der Waals surface area (Å²) < 4.78 is 161. The predicted molar refractivity (Wildman–Crippen MR) is 602 cm³/mol. The molecule has 1 aliphatic carbocycles. The molecule has 2 atom stereocenters. The van der Waals surface area contributed by atoms with Crippen LogP contribution < -0.4 is 27.4 Å². The summed E-state index contributed by atoms with van der Waals surface area (Å²) >= 11 is 0. The number of nitrogens with zero attached hydrogens (tertiary/aromatic N) is 12. The van der Waals surface area contributed by atoms with Crippen molar-refractivity contribution in [1.29, 1.82) is 0 Å². The summed E-state index contributed by atoms with van der Waals surface area (Å²) in [5.74, 6) is -3.69. The molecule has 6 aromatic carbocycles. The molecule has 18 heterocycles. The fraction of sp³-hybridized carbons (Fsp3) is 0.267. The summed E-state index contributed by atoms with van der Waals surface area (Å²) in [6, 6.07) is 85.1. The Kier molecular flexibility index (Phi) is 23.3. The fourth-order valence-electron chi connectivity index (χ4n) is 20.3. The number of pyridine rings is 12. The molecular formula is C131H134N12O6+6. The van der Waals surface area contributed by atoms with Gasteiger partial charge in [0.15, 0.2) is 70.7 Å². The van der Waals surface area contributed by atoms with Crippen molar-refractivity contribution in [2.24, 2.45) is 53.6 Å². The van der Waals surface area contributed by atoms with Gasteiger partial charge in [-0.1, -0.05) is 162 Å². The van der Waals surface area contributed by atoms with Crippen LogP contribution in [-0.2, 0) is 67.0 Å². The van der Waals surface area contributed by atoms with E-state index in [2.05, 4.69) is 258 Å². The molecule has 1 fully saturated rings. The van der Waals surface area contributed by atoms with Gasteiger partial charge in [-0.25, -0.2) is 57.3 Å². The number of hydrogen-bond donors (Lipinski definition) is 0. The van der Waals surface area contributed by atoms with Crippen molar-refractivity contribution in [3.63, 3.8) is 0 Å². The van der Waals surface area contributed by atoms with E-state index in [1.807, 2.05) is 194 Å². The highest BCUT2D eigenvalue weighted by Gasteiger charge is 2.31. The average Bonchev–Trinajstić information content (AvgIpc) is 1.58. The SMILES string of the molecule is CCc1ccc2c(n1)oc1c(-c3cccc[n+]3C)c(C)ccc12.Cc1ccc2c(oc3nc(C(C)(C)C)ccc32)c1-c1cccc[n+]1C.[2H]C(C)(C)c1ccc2c(n1)oc1c(-c3cccc[n+]3C)c(C)ccc12.[2H]C([2H])([2H])C(C)(Cc1ccc2c(n1)oc1c(-c3cccc[n+]3C)c(C)ccc12)C([2H])([2H])[2H].[2H]C([2H])([2H])C([2H])(C)Cc1ccc2c(n1)oc1c(-c3cccc[n+]3C)c(C)ccc12.[2H]C1([2H])CCCC1([2H])c1ccc2c(n1)oc1c(-c3cccc[n+]3C)c(C)ccc12. The smallest absolute Gasteiger partial charge is 0.227 e. The Balaban J connectivity index is 0.000000116. The molecule has 0 radical (unpaired) electrons. The number of benzene rings is 6. The van der Waals surface area contributed by atoms with Gasteiger partial charge in [0.2, 0.25) is 68.4 Å². The fourth-order valence-corrected chi connectivity index (χ4v) is 20.3. The van der Waals surface area contributed by atoms with Crippen LogP contribution in [0.3, 0.4) is 0 Å². The van der Waals surface area contributed by atoms with E-state index in [-0.39, 0.29) is 18.3 Å². The molecule has 0 aliphatic heterocycles. The van der Waals surface area contributed by atoms with Gasteiger partial charge in [0.05, 0.1) is 33.4 Å². The van der Waals surface area contributed by atoms with Crippen LogP contribution >= 0.6 is 0 Å². The first-order chi connectivity index (χ1) is 77.1. The number of aryl methyl sites for hydroxylation is 13. The van der Waals surface area contributed by atoms with E-state index in [0.717, 1.165) is 206 Å². The molecule has 0 amide bonds. The van der Waals surface area contributed by atoms with Gasteiger partial charge in [-0.2, -0.15) is 0 Å². The Morgan fingerprint density at radius 3 is 0.933 bits per heavy atom. The first-order valence-electron chi connectivity index (χ1n) is 57.8. The van der Waals surface area contributed by atoms with Crippen molar-refractivity contribution in [2.75, 3.05) is 0 Å². The standard InChI is InChI=1S/C23H23N2O.C23H25N2O.2C22H23N2O.C21H21N2O.C20H19N2O/c1-15-10-11-17-18-12-13-19(16-7-3-4-8-16)24-23(18)26-22(17)21(15)20-9-5-6-14-25(20)2;1-15-9-11-17-18-12-10-16(14-23(2,3)4)24-22(18)26-21(17)20(15)19-8-6-7-13-25(19)5;1-14-9-10-15-16-11-12-18(22(2,3)4)23-21(16)25-20(15)19(14)17-8-6-7-13-24(17)5;1-14(2)13-16-9-11-18-17-10-8-15(3)20(21(17)25-22(18)23-16)19-7-5-6-12-24(19)4;1-13(2)17-11-10-16-15-9-8-14(3)19(20(15)24-21(16)22-17)18-7-5-6-12-23(18)4;1-4-14-9-11-16-15-10-8-13(2)18(19(15)23-20(16)21-14)17-7-5-6-12-22(17)3/h5-6,9-14,16H,3-4,7-8H2,1-2H3;6-13H,14H2,1-5H3;6-13H,1-5H3;5-12,14H,13H2,1-4H3;5-13H,1-4H3;5-12H,4H2,1-3H3/q6*+1/i7D2,16D;2D3,3D3;;1D3,14D;13D;. The minimum Gasteiger partial charge on any atom is -0.437 e. The molecule has 748 valence electrons. The molecule has 0 spiro atoms. The van der Waals surface area contributed by atoms with Gasteiger partial charge >= 0.3 is 0 Å². The summed E-state index contributed by atoms with van der Waals surface area (Å²) in [5, 5.41) is 11.9. The van der Waals surface area contributed by atoms with E-state index in [1.165, 1.54) is 25.0 Å². The lowest BCUT2D eigenvalue weighted by Gasteiger charge is -2.16. The van der Waals surface area contributed by atoms with Crippen molar-refractivity contribution >= 4 is 132 Å². The monoisotopic (exact) mass is 1990 g/mol. The maximum atomic E-state index is 8.79. The van der Waals surface area contributed by atoms with Crippen molar-refractivity contribution in [3.8, 4) is 67.5 Å². The molecule has 24 aromatic rings. The van der Waals surface area contributed by atoms with Crippen LogP contribution in [0.25, 0.3) is 200 Å². The summed E-state index contributed by atoms with van der Waals surface area (Å²) in [5.41, 5.74) is 30.2. The maximum absolute atomic E-state index is 8.79. The molecule has 0 bridgehead atoms. The molecule has 25 rings (SSSR count). The van der Waals surface area contributed by atoms with Crippen LogP contribution in [0, 0.1) is 52.9 Å². The first-order valence-corrected chi connectivity index (χ1v) is 50.8. The molecule has 2 unspecified atom stereocenters. The summed E-state index contributed by atoms with van der Waals surface area (Å²) in [7, 11) is 12.1. The topological polar surface area (TPSA) is 179 Å². The average molecular weight is 1990 g/mol. The van der Waals surface area contributed by atoms with Crippen molar-refractivity contribution in [3.05, 3.63) is 360 Å². The minimum absolute atomic E-state index is 0.00220. The second-order valence-electron chi connectivity index (χ2n) is 40.8. The van der Waals surface area contributed by atoms with E-state index < -0.39 is 50.0 Å². The zero-order chi connectivity index (χ0) is 116. The van der Waals surface area contributed by atoms with E-state index in [9.17, 15) is 0 Å². The molecule has 18 aromatic heterocycles. The zero-order valence-corrected chi connectivity index (χ0v) is 88.3. The second-order valence-corrected chi connectivity index (χ2v) is 40.8. The van der Waals surface area contributed by atoms with Gasteiger partial charge < -0.3 is 26.5 Å². The Hall–Kier alpha value is -16.1. The van der Waals surface area contributed by atoms with Gasteiger partial charge in [-0.15, -0.1) is 0 Å². The molecule has 149 heavy (non-hydrogen) atoms. The van der Waals surface area contributed by atoms with Crippen LogP contribution in [0.4, 0.5) is 0 Å². The third kappa shape index (κ3) is 20.0. The zero-order valence-electron chi connectivity index (χ0n) is 102. The van der Waals surface area contributed by atoms with Gasteiger partial charge in [0.1, 0.15) is 42.3 Å². The maximum Gasteiger partial charge on any atom is 0.227 e. The minimum atomic E-state index is -2.67. The van der Waals surface area contributed by atoms with Crippen LogP contribution in [0.15, 0.2) is 318 Å². The van der Waals surface area contributed by atoms with E-state index in [1.54, 1.807) is 18.2 Å². The van der Waals surface area contributed by atoms with Crippen molar-refractivity contribution < 1.29 is 73.1 Å². The molecule has 18 nitrogen and oxygen atoms in total. The summed E-state index contributed by atoms with van der Waals surface area (Å²) in [4.78, 5) is 27.8. The molecular weight excluding hydrogens is 1840 g/mol. The lowest BCUT2D eigenvalue weighted by molar-refractivity contribution is -0.660. The van der Waals surface area contributed by atoms with E-state index in [0.29, 0.717) is 76.2 Å². The normalized spacial score (nSPS) is 15.8. The Bertz CT molecular complexity index is 9760. The van der Waals surface area contributed by atoms with Gasteiger partial charge in [-0.3, -0.25) is 0 Å². The van der Waals surface area contributed by atoms with Crippen LogP contribution in [0.1, 0.15) is 200 Å². The molecule has 0 N–H and O–H groups in total. The predicted octanol–water partition coefficient (Wildman–Crippen LogP) is 30.1. The van der Waals surface area contributed by atoms with Crippen LogP contribution in [0.2, 0.25) is 0 Å². The number of hydrogen-bond acceptors (Lipinski definition) is 12. The Labute approximate surface area is 890 Å². The largest absolute Gasteiger partial charge is 0.437 e. The number of rotatable bonds is 12. The summed E-state index contributed by atoms with van der Waals surface area (Å²) in [6.07, 6.45) is 12.8. The highest BCUT2D eigenvalue weighted by Crippen LogP contribution is 2.46. The molecule has 1 saturated carbocycles. The first kappa shape index (κ1) is 84.0. The van der Waals surface area contributed by atoms with Crippen molar-refractivity contribution in [2.45, 2.75) is 180 Å². The van der Waals surface area contributed by atoms with Crippen LogP contribution in [-0.4, -0.2) is 29.9 Å². The Morgan fingerprint density at radius 1 is 0.336 bits per heavy atom. The number of aromatic nitrogens is 12. The second kappa shape index (κ2) is 41.3. The van der Waals surface area contributed by atoms with Gasteiger partial charge in [-0.05, 0) is 233 Å².